The Kier molecular flexibility index (Phi) is 8.43. The molecule has 1 aliphatic carbocycles. The van der Waals surface area contributed by atoms with Crippen LogP contribution in [0.5, 0.6) is 5.75 Å². The van der Waals surface area contributed by atoms with Crippen molar-refractivity contribution in [1.29, 1.82) is 0 Å². The standard InChI is InChI=1S/C36H42FN3O6/c1-22-15-23(16-24-13-14-39(19-27(22)24)34(42)46-35(2,3)4)20-45-32-26(9-7-10-28(32)37)29-11-8-12-31(38-29)40-18-25-17-36(25,33(41)44-6)30(40)21-43-5/h7-12,15-16,25,30H,13-14,17-21H2,1-6H3/t25-,30+,36+/m0/s1. The van der Waals surface area contributed by atoms with Gasteiger partial charge in [0.25, 0.3) is 0 Å². The van der Waals surface area contributed by atoms with Crippen LogP contribution in [0.4, 0.5) is 15.0 Å². The number of carbonyl (C=O) groups excluding carboxylic acids is 2. The molecule has 1 amide bonds. The fourth-order valence-corrected chi connectivity index (χ4v) is 7.11. The summed E-state index contributed by atoms with van der Waals surface area (Å²) in [5.74, 6) is 0.311. The van der Waals surface area contributed by atoms with Gasteiger partial charge in [0.1, 0.15) is 18.0 Å². The second-order valence-corrected chi connectivity index (χ2v) is 13.5. The third kappa shape index (κ3) is 5.90. The lowest BCUT2D eigenvalue weighted by Gasteiger charge is -2.32. The Morgan fingerprint density at radius 3 is 2.63 bits per heavy atom. The third-order valence-corrected chi connectivity index (χ3v) is 9.36. The van der Waals surface area contributed by atoms with E-state index >= 15 is 4.39 Å². The number of piperidine rings is 1. The van der Waals surface area contributed by atoms with Crippen molar-refractivity contribution in [2.45, 2.75) is 65.3 Å². The number of halogens is 1. The van der Waals surface area contributed by atoms with E-state index in [0.29, 0.717) is 49.7 Å². The van der Waals surface area contributed by atoms with Gasteiger partial charge in [-0.25, -0.2) is 14.2 Å². The predicted octanol–water partition coefficient (Wildman–Crippen LogP) is 6.08. The van der Waals surface area contributed by atoms with Gasteiger partial charge in [0, 0.05) is 32.3 Å². The van der Waals surface area contributed by atoms with Crippen molar-refractivity contribution in [1.82, 2.24) is 9.88 Å². The van der Waals surface area contributed by atoms with E-state index in [0.717, 1.165) is 28.7 Å². The lowest BCUT2D eigenvalue weighted by atomic mass is 9.93. The number of fused-ring (bicyclic) bond motifs is 2. The van der Waals surface area contributed by atoms with E-state index in [4.69, 9.17) is 23.9 Å². The highest BCUT2D eigenvalue weighted by atomic mass is 19.1. The molecule has 1 saturated carbocycles. The number of aryl methyl sites for hydroxylation is 1. The molecule has 46 heavy (non-hydrogen) atoms. The molecule has 0 spiro atoms. The largest absolute Gasteiger partial charge is 0.485 e. The molecular weight excluding hydrogens is 589 g/mol. The molecule has 3 atom stereocenters. The number of methoxy groups -OCH3 is 2. The molecule has 2 aromatic carbocycles. The molecule has 10 heteroatoms. The van der Waals surface area contributed by atoms with Gasteiger partial charge >= 0.3 is 12.1 Å². The number of anilines is 1. The van der Waals surface area contributed by atoms with Gasteiger partial charge in [-0.15, -0.1) is 0 Å². The maximum absolute atomic E-state index is 15.3. The van der Waals surface area contributed by atoms with Gasteiger partial charge in [-0.3, -0.25) is 4.79 Å². The highest BCUT2D eigenvalue weighted by Crippen LogP contribution is 2.62. The normalized spacial score (nSPS) is 21.8. The topological polar surface area (TPSA) is 90.4 Å². The summed E-state index contributed by atoms with van der Waals surface area (Å²) in [7, 11) is 3.05. The van der Waals surface area contributed by atoms with Crippen molar-refractivity contribution in [2.24, 2.45) is 11.3 Å². The lowest BCUT2D eigenvalue weighted by Crippen LogP contribution is -2.44. The number of aromatic nitrogens is 1. The maximum Gasteiger partial charge on any atom is 0.410 e. The van der Waals surface area contributed by atoms with E-state index in [-0.39, 0.29) is 36.4 Å². The van der Waals surface area contributed by atoms with Crippen molar-refractivity contribution in [3.8, 4) is 17.0 Å². The maximum atomic E-state index is 15.3. The number of rotatable bonds is 8. The van der Waals surface area contributed by atoms with Crippen molar-refractivity contribution in [3.05, 3.63) is 76.6 Å². The Morgan fingerprint density at radius 1 is 1.11 bits per heavy atom. The van der Waals surface area contributed by atoms with E-state index in [1.54, 1.807) is 24.1 Å². The second-order valence-electron chi connectivity index (χ2n) is 13.5. The minimum atomic E-state index is -0.587. The molecule has 0 unspecified atom stereocenters. The van der Waals surface area contributed by atoms with E-state index < -0.39 is 16.8 Å². The zero-order valence-corrected chi connectivity index (χ0v) is 27.4. The van der Waals surface area contributed by atoms with Crippen LogP contribution >= 0.6 is 0 Å². The van der Waals surface area contributed by atoms with Crippen molar-refractivity contribution in [3.63, 3.8) is 0 Å². The molecule has 3 aliphatic rings. The van der Waals surface area contributed by atoms with Gasteiger partial charge in [-0.1, -0.05) is 24.3 Å². The number of hydrogen-bond donors (Lipinski definition) is 0. The quantitative estimate of drug-likeness (QED) is 0.276. The van der Waals surface area contributed by atoms with Gasteiger partial charge in [-0.05, 0) is 93.0 Å². The fourth-order valence-electron chi connectivity index (χ4n) is 7.11. The van der Waals surface area contributed by atoms with Crippen LogP contribution in [0.3, 0.4) is 0 Å². The van der Waals surface area contributed by atoms with Crippen LogP contribution < -0.4 is 9.64 Å². The first-order valence-corrected chi connectivity index (χ1v) is 15.8. The molecule has 1 aromatic heterocycles. The minimum absolute atomic E-state index is 0.127. The number of ether oxygens (including phenoxy) is 4. The molecule has 1 saturated heterocycles. The van der Waals surface area contributed by atoms with Crippen LogP contribution in [-0.2, 0) is 38.6 Å². The summed E-state index contributed by atoms with van der Waals surface area (Å²) in [6.45, 7) is 9.87. The van der Waals surface area contributed by atoms with Gasteiger partial charge < -0.3 is 28.7 Å². The lowest BCUT2D eigenvalue weighted by molar-refractivity contribution is -0.148. The minimum Gasteiger partial charge on any atom is -0.485 e. The molecular formula is C36H42FN3O6. The van der Waals surface area contributed by atoms with Gasteiger partial charge in [-0.2, -0.15) is 0 Å². The summed E-state index contributed by atoms with van der Waals surface area (Å²) < 4.78 is 37.8. The zero-order chi connectivity index (χ0) is 32.8. The zero-order valence-electron chi connectivity index (χ0n) is 27.4. The summed E-state index contributed by atoms with van der Waals surface area (Å²) >= 11 is 0. The van der Waals surface area contributed by atoms with Crippen LogP contribution in [0.25, 0.3) is 11.3 Å². The summed E-state index contributed by atoms with van der Waals surface area (Å²) in [6.07, 6.45) is 1.16. The van der Waals surface area contributed by atoms with E-state index in [1.807, 2.05) is 52.0 Å². The highest BCUT2D eigenvalue weighted by Gasteiger charge is 2.71. The molecule has 3 heterocycles. The first-order chi connectivity index (χ1) is 21.9. The molecule has 3 aromatic rings. The van der Waals surface area contributed by atoms with Gasteiger partial charge in [0.15, 0.2) is 11.6 Å². The number of hydrogen-bond acceptors (Lipinski definition) is 8. The Bertz CT molecular complexity index is 1660. The van der Waals surface area contributed by atoms with Gasteiger partial charge in [0.2, 0.25) is 0 Å². The van der Waals surface area contributed by atoms with Crippen molar-refractivity contribution >= 4 is 17.9 Å². The van der Waals surface area contributed by atoms with Crippen LogP contribution in [0, 0.1) is 24.1 Å². The highest BCUT2D eigenvalue weighted by molar-refractivity contribution is 5.84. The molecule has 9 nitrogen and oxygen atoms in total. The predicted molar refractivity (Wildman–Crippen MR) is 171 cm³/mol. The molecule has 2 aliphatic heterocycles. The Morgan fingerprint density at radius 2 is 1.89 bits per heavy atom. The van der Waals surface area contributed by atoms with E-state index in [9.17, 15) is 9.59 Å². The van der Waals surface area contributed by atoms with Crippen LogP contribution in [-0.4, -0.2) is 67.5 Å². The Hall–Kier alpha value is -4.18. The summed E-state index contributed by atoms with van der Waals surface area (Å²) in [5.41, 5.74) is 4.20. The summed E-state index contributed by atoms with van der Waals surface area (Å²) in [5, 5.41) is 0. The first kappa shape index (κ1) is 31.8. The SMILES string of the molecule is COC[C@H]1N(c2cccc(-c3cccc(F)c3OCc3cc(C)c4c(c3)CCN(C(=O)OC(C)(C)C)C4)n2)C[C@@H]2C[C@@]21C(=O)OC. The van der Waals surface area contributed by atoms with E-state index in [2.05, 4.69) is 11.0 Å². The Balaban J connectivity index is 1.21. The van der Waals surface area contributed by atoms with Crippen molar-refractivity contribution < 1.29 is 32.9 Å². The molecule has 2 fully saturated rings. The van der Waals surface area contributed by atoms with Crippen LogP contribution in [0.1, 0.15) is 49.4 Å². The number of para-hydroxylation sites is 1. The van der Waals surface area contributed by atoms with Crippen LogP contribution in [0.15, 0.2) is 48.5 Å². The average molecular weight is 632 g/mol. The molecule has 0 bridgehead atoms. The summed E-state index contributed by atoms with van der Waals surface area (Å²) in [4.78, 5) is 34.2. The number of pyridine rings is 1. The third-order valence-electron chi connectivity index (χ3n) is 9.36. The summed E-state index contributed by atoms with van der Waals surface area (Å²) in [6, 6.07) is 14.4. The first-order valence-electron chi connectivity index (χ1n) is 15.8. The number of carbonyl (C=O) groups is 2. The molecule has 244 valence electrons. The fraction of sp³-hybridized carbons (Fsp3) is 0.472. The molecule has 0 radical (unpaired) electrons. The molecule has 0 N–H and O–H groups in total. The van der Waals surface area contributed by atoms with Crippen LogP contribution in [0.2, 0.25) is 0 Å². The number of benzene rings is 2. The number of esters is 1. The molecule has 6 rings (SSSR count). The average Bonchev–Trinajstić information content (AvgIpc) is 3.67. The smallest absolute Gasteiger partial charge is 0.410 e. The van der Waals surface area contributed by atoms with Crippen molar-refractivity contribution in [2.75, 3.05) is 38.8 Å². The van der Waals surface area contributed by atoms with Gasteiger partial charge in [0.05, 0.1) is 30.9 Å². The number of nitrogens with zero attached hydrogens (tertiary/aromatic N) is 3. The van der Waals surface area contributed by atoms with E-state index in [1.165, 1.54) is 13.2 Å². The number of amides is 1. The Labute approximate surface area is 269 Å². The monoisotopic (exact) mass is 631 g/mol. The second kappa shape index (κ2) is 12.2.